The third-order valence-corrected chi connectivity index (χ3v) is 3.76. The van der Waals surface area contributed by atoms with Crippen LogP contribution in [0.3, 0.4) is 0 Å². The minimum absolute atomic E-state index is 0.247. The molecule has 0 aliphatic heterocycles. The molecule has 3 rings (SSSR count). The first-order valence-electron chi connectivity index (χ1n) is 8.14. The van der Waals surface area contributed by atoms with E-state index in [1.165, 1.54) is 0 Å². The second-order valence-electron chi connectivity index (χ2n) is 5.98. The minimum atomic E-state index is 0.247. The zero-order valence-electron chi connectivity index (χ0n) is 14.2. The van der Waals surface area contributed by atoms with E-state index in [1.54, 1.807) is 12.4 Å². The lowest BCUT2D eigenvalue weighted by Gasteiger charge is -2.13. The largest absolute Gasteiger partial charge is 0.366 e. The highest BCUT2D eigenvalue weighted by atomic mass is 35.5. The van der Waals surface area contributed by atoms with Crippen molar-refractivity contribution in [1.82, 2.24) is 15.0 Å². The van der Waals surface area contributed by atoms with Crippen LogP contribution in [-0.4, -0.2) is 21.0 Å². The highest BCUT2D eigenvalue weighted by Crippen LogP contribution is 2.21. The maximum absolute atomic E-state index is 5.93. The van der Waals surface area contributed by atoms with Gasteiger partial charge in [-0.15, -0.1) is 0 Å². The summed E-state index contributed by atoms with van der Waals surface area (Å²) in [5, 5.41) is 7.35. The molecular weight excluding hydrogens is 334 g/mol. The third-order valence-electron chi connectivity index (χ3n) is 3.51. The van der Waals surface area contributed by atoms with Crippen LogP contribution in [-0.2, 0) is 6.54 Å². The number of pyridine rings is 1. The molecule has 0 amide bonds. The number of nitrogens with zero attached hydrogens (tertiary/aromatic N) is 3. The fraction of sp³-hybridized carbons (Fsp3) is 0.211. The fourth-order valence-electron chi connectivity index (χ4n) is 2.33. The van der Waals surface area contributed by atoms with Crippen LogP contribution in [0.25, 0.3) is 11.3 Å². The monoisotopic (exact) mass is 353 g/mol. The van der Waals surface area contributed by atoms with Gasteiger partial charge in [-0.05, 0) is 43.7 Å². The number of hydrogen-bond acceptors (Lipinski definition) is 5. The van der Waals surface area contributed by atoms with Crippen LogP contribution in [0.4, 0.5) is 11.8 Å². The van der Waals surface area contributed by atoms with Gasteiger partial charge in [0.2, 0.25) is 5.95 Å². The van der Waals surface area contributed by atoms with Gasteiger partial charge in [0, 0.05) is 41.6 Å². The third kappa shape index (κ3) is 4.90. The summed E-state index contributed by atoms with van der Waals surface area (Å²) >= 11 is 5.93. The van der Waals surface area contributed by atoms with Crippen LogP contribution >= 0.6 is 11.6 Å². The van der Waals surface area contributed by atoms with E-state index in [1.807, 2.05) is 42.5 Å². The van der Waals surface area contributed by atoms with Gasteiger partial charge < -0.3 is 10.6 Å². The van der Waals surface area contributed by atoms with Crippen molar-refractivity contribution < 1.29 is 0 Å². The van der Waals surface area contributed by atoms with Crippen LogP contribution in [0.2, 0.25) is 5.02 Å². The van der Waals surface area contributed by atoms with Gasteiger partial charge >= 0.3 is 0 Å². The number of hydrogen-bond donors (Lipinski definition) is 2. The number of aromatic nitrogens is 3. The van der Waals surface area contributed by atoms with E-state index >= 15 is 0 Å². The normalized spacial score (nSPS) is 10.7. The Balaban J connectivity index is 1.85. The molecule has 0 saturated carbocycles. The summed E-state index contributed by atoms with van der Waals surface area (Å²) in [5.74, 6) is 1.36. The van der Waals surface area contributed by atoms with Gasteiger partial charge in [0.25, 0.3) is 0 Å². The Morgan fingerprint density at radius 2 is 1.72 bits per heavy atom. The summed E-state index contributed by atoms with van der Waals surface area (Å²) in [6, 6.07) is 13.8. The minimum Gasteiger partial charge on any atom is -0.366 e. The Labute approximate surface area is 152 Å². The Morgan fingerprint density at radius 3 is 2.40 bits per heavy atom. The van der Waals surface area contributed by atoms with Crippen LogP contribution in [0.5, 0.6) is 0 Å². The maximum Gasteiger partial charge on any atom is 0.225 e. The summed E-state index contributed by atoms with van der Waals surface area (Å²) in [6.45, 7) is 4.78. The number of rotatable bonds is 6. The van der Waals surface area contributed by atoms with Crippen molar-refractivity contribution in [2.75, 3.05) is 10.6 Å². The number of anilines is 2. The predicted molar refractivity (Wildman–Crippen MR) is 103 cm³/mol. The molecular formula is C19H20ClN5. The number of halogens is 1. The average Bonchev–Trinajstić information content (AvgIpc) is 2.61. The van der Waals surface area contributed by atoms with E-state index in [9.17, 15) is 0 Å². The molecule has 25 heavy (non-hydrogen) atoms. The Bertz CT molecular complexity index is 819. The van der Waals surface area contributed by atoms with Crippen molar-refractivity contribution in [2.45, 2.75) is 26.4 Å². The van der Waals surface area contributed by atoms with Crippen molar-refractivity contribution in [2.24, 2.45) is 0 Å². The lowest BCUT2D eigenvalue weighted by molar-refractivity contribution is 0.874. The Hall–Kier alpha value is -2.66. The molecule has 2 N–H and O–H groups in total. The summed E-state index contributed by atoms with van der Waals surface area (Å²) in [4.78, 5) is 13.2. The lowest BCUT2D eigenvalue weighted by atomic mass is 10.2. The van der Waals surface area contributed by atoms with E-state index in [4.69, 9.17) is 11.6 Å². The van der Waals surface area contributed by atoms with E-state index in [0.29, 0.717) is 12.5 Å². The smallest absolute Gasteiger partial charge is 0.225 e. The molecule has 0 fully saturated rings. The topological polar surface area (TPSA) is 62.7 Å². The lowest BCUT2D eigenvalue weighted by Crippen LogP contribution is -2.14. The molecule has 0 radical (unpaired) electrons. The molecule has 128 valence electrons. The van der Waals surface area contributed by atoms with Gasteiger partial charge in [0.15, 0.2) is 0 Å². The molecule has 6 heteroatoms. The summed E-state index contributed by atoms with van der Waals surface area (Å²) in [7, 11) is 0. The van der Waals surface area contributed by atoms with Gasteiger partial charge in [-0.2, -0.15) is 4.98 Å². The van der Waals surface area contributed by atoms with Gasteiger partial charge in [0.1, 0.15) is 5.82 Å². The molecule has 3 aromatic rings. The van der Waals surface area contributed by atoms with E-state index < -0.39 is 0 Å². The highest BCUT2D eigenvalue weighted by molar-refractivity contribution is 6.30. The zero-order valence-corrected chi connectivity index (χ0v) is 15.0. The van der Waals surface area contributed by atoms with Crippen LogP contribution in [0.1, 0.15) is 19.4 Å². The van der Waals surface area contributed by atoms with Crippen molar-refractivity contribution in [3.05, 3.63) is 65.4 Å². The molecule has 0 atom stereocenters. The molecule has 0 saturated heterocycles. The summed E-state index contributed by atoms with van der Waals surface area (Å²) in [5.41, 5.74) is 2.98. The summed E-state index contributed by atoms with van der Waals surface area (Å²) in [6.07, 6.45) is 3.52. The molecule has 2 aromatic heterocycles. The fourth-order valence-corrected chi connectivity index (χ4v) is 2.45. The second kappa shape index (κ2) is 7.94. The van der Waals surface area contributed by atoms with Crippen LogP contribution < -0.4 is 10.6 Å². The van der Waals surface area contributed by atoms with Gasteiger partial charge in [-0.25, -0.2) is 4.98 Å². The molecule has 0 aliphatic rings. The number of benzene rings is 1. The first kappa shape index (κ1) is 17.2. The summed E-state index contributed by atoms with van der Waals surface area (Å²) < 4.78 is 0. The van der Waals surface area contributed by atoms with Crippen molar-refractivity contribution in [1.29, 1.82) is 0 Å². The van der Waals surface area contributed by atoms with E-state index in [-0.39, 0.29) is 6.04 Å². The van der Waals surface area contributed by atoms with E-state index in [2.05, 4.69) is 39.4 Å². The zero-order chi connectivity index (χ0) is 17.6. The molecule has 0 spiro atoms. The molecule has 5 nitrogen and oxygen atoms in total. The predicted octanol–water partition coefficient (Wildman–Crippen LogP) is 4.62. The number of nitrogens with one attached hydrogen (secondary N) is 2. The molecule has 0 unspecified atom stereocenters. The molecule has 2 heterocycles. The molecule has 1 aromatic carbocycles. The standard InChI is InChI=1S/C19H20ClN5/c1-13(2)23-19-24-17(15-7-9-21-10-8-15)11-18(25-19)22-12-14-3-5-16(20)6-4-14/h3-11,13H,12H2,1-2H3,(H2,22,23,24,25). The van der Waals surface area contributed by atoms with E-state index in [0.717, 1.165) is 27.7 Å². The van der Waals surface area contributed by atoms with Gasteiger partial charge in [0.05, 0.1) is 5.69 Å². The molecule has 0 bridgehead atoms. The SMILES string of the molecule is CC(C)Nc1nc(NCc2ccc(Cl)cc2)cc(-c2ccncc2)n1. The van der Waals surface area contributed by atoms with Crippen molar-refractivity contribution in [3.8, 4) is 11.3 Å². The van der Waals surface area contributed by atoms with Gasteiger partial charge in [-0.3, -0.25) is 4.98 Å². The van der Waals surface area contributed by atoms with Crippen LogP contribution in [0.15, 0.2) is 54.9 Å². The quantitative estimate of drug-likeness (QED) is 0.676. The molecule has 0 aliphatic carbocycles. The van der Waals surface area contributed by atoms with Gasteiger partial charge in [-0.1, -0.05) is 23.7 Å². The van der Waals surface area contributed by atoms with Crippen LogP contribution in [0, 0.1) is 0 Å². The average molecular weight is 354 g/mol. The second-order valence-corrected chi connectivity index (χ2v) is 6.41. The first-order chi connectivity index (χ1) is 12.1. The highest BCUT2D eigenvalue weighted by Gasteiger charge is 2.08. The first-order valence-corrected chi connectivity index (χ1v) is 8.52. The maximum atomic E-state index is 5.93. The Kier molecular flexibility index (Phi) is 5.46. The van der Waals surface area contributed by atoms with Crippen molar-refractivity contribution in [3.63, 3.8) is 0 Å². The Morgan fingerprint density at radius 1 is 1.00 bits per heavy atom. The van der Waals surface area contributed by atoms with Crippen molar-refractivity contribution >= 4 is 23.4 Å².